The van der Waals surface area contributed by atoms with Gasteiger partial charge in [-0.05, 0) is 0 Å². The zero-order valence-electron chi connectivity index (χ0n) is 13.0. The summed E-state index contributed by atoms with van der Waals surface area (Å²) in [7, 11) is 0. The molecule has 0 aliphatic carbocycles. The van der Waals surface area contributed by atoms with Gasteiger partial charge in [-0.2, -0.15) is 0 Å². The predicted molar refractivity (Wildman–Crippen MR) is 108 cm³/mol. The van der Waals surface area contributed by atoms with E-state index in [0.717, 1.165) is 0 Å². The van der Waals surface area contributed by atoms with E-state index in [-0.39, 0.29) is 0 Å². The molecule has 0 saturated heterocycles. The van der Waals surface area contributed by atoms with Crippen LogP contribution in [0.25, 0.3) is 9.93 Å². The number of hydrogen-bond donors (Lipinski definition) is 0. The van der Waals surface area contributed by atoms with Crippen molar-refractivity contribution in [3.63, 3.8) is 0 Å². The second-order valence-electron chi connectivity index (χ2n) is 5.46. The third-order valence-electron chi connectivity index (χ3n) is 3.92. The SMILES string of the molecule is c1ccc(C2=[As][As]=[As]C(c3ccccc3)=C2c2ccccc2)cc1. The molecule has 114 valence electrons. The summed E-state index contributed by atoms with van der Waals surface area (Å²) < 4.78 is 3.27. The third kappa shape index (κ3) is 3.48. The Morgan fingerprint density at radius 3 is 1.58 bits per heavy atom. The molecule has 3 heteroatoms. The molecule has 0 nitrogen and oxygen atoms in total. The van der Waals surface area contributed by atoms with Gasteiger partial charge in [-0.25, -0.2) is 0 Å². The first kappa shape index (κ1) is 16.4. The Labute approximate surface area is 158 Å². The molecule has 3 aromatic rings. The van der Waals surface area contributed by atoms with Crippen LogP contribution in [-0.4, -0.2) is 41.8 Å². The number of allylic oxidation sites excluding steroid dienone is 1. The van der Waals surface area contributed by atoms with Crippen molar-refractivity contribution in [2.24, 2.45) is 0 Å². The van der Waals surface area contributed by atoms with Crippen molar-refractivity contribution in [1.82, 2.24) is 0 Å². The van der Waals surface area contributed by atoms with E-state index in [0.29, 0.717) is 37.5 Å². The molecule has 1 heterocycles. The maximum absolute atomic E-state index is 2.29. The molecule has 4 rings (SSSR count). The van der Waals surface area contributed by atoms with E-state index in [1.165, 1.54) is 22.3 Å². The normalized spacial score (nSPS) is 15.8. The number of rotatable bonds is 3. The van der Waals surface area contributed by atoms with Crippen LogP contribution in [0.15, 0.2) is 91.0 Å². The molecule has 0 radical (unpaired) electrons. The minimum absolute atomic E-state index is 0.342. The monoisotopic (exact) mass is 492 g/mol. The Hall–Kier alpha value is -1.05. The first-order valence-corrected chi connectivity index (χ1v) is 20.1. The summed E-state index contributed by atoms with van der Waals surface area (Å²) in [5, 5.41) is 0. The van der Waals surface area contributed by atoms with E-state index in [2.05, 4.69) is 91.0 Å². The van der Waals surface area contributed by atoms with Crippen molar-refractivity contribution in [1.29, 1.82) is 0 Å². The molecule has 1 aliphatic heterocycles. The molecule has 0 N–H and O–H groups in total. The quantitative estimate of drug-likeness (QED) is 0.490. The van der Waals surface area contributed by atoms with Gasteiger partial charge < -0.3 is 0 Å². The van der Waals surface area contributed by atoms with Crippen molar-refractivity contribution >= 4 is 51.7 Å². The van der Waals surface area contributed by atoms with Crippen molar-refractivity contribution < 1.29 is 0 Å². The van der Waals surface area contributed by atoms with Crippen LogP contribution in [0, 0.1) is 0 Å². The summed E-state index contributed by atoms with van der Waals surface area (Å²) in [6.45, 7) is 0. The maximum atomic E-state index is 2.29. The van der Waals surface area contributed by atoms with Crippen LogP contribution in [0.5, 0.6) is 0 Å². The van der Waals surface area contributed by atoms with Gasteiger partial charge in [0.1, 0.15) is 0 Å². The minimum atomic E-state index is 0.342. The fourth-order valence-corrected chi connectivity index (χ4v) is 26.0. The molecule has 0 aromatic heterocycles. The first-order chi connectivity index (χ1) is 11.9. The summed E-state index contributed by atoms with van der Waals surface area (Å²) in [5.41, 5.74) is 5.79. The molecule has 0 saturated carbocycles. The molecule has 0 bridgehead atoms. The summed E-state index contributed by atoms with van der Waals surface area (Å²) in [6, 6.07) is 33.1. The number of hydrogen-bond acceptors (Lipinski definition) is 0. The Morgan fingerprint density at radius 1 is 0.500 bits per heavy atom. The van der Waals surface area contributed by atoms with Crippen molar-refractivity contribution in [3.05, 3.63) is 108 Å². The molecular weight excluding hydrogens is 477 g/mol. The third-order valence-corrected chi connectivity index (χ3v) is 23.6. The molecular formula is C21H15As3. The molecule has 24 heavy (non-hydrogen) atoms. The van der Waals surface area contributed by atoms with E-state index >= 15 is 0 Å². The van der Waals surface area contributed by atoms with Gasteiger partial charge in [-0.3, -0.25) is 0 Å². The van der Waals surface area contributed by atoms with Crippen LogP contribution < -0.4 is 0 Å². The Bertz CT molecular complexity index is 925. The van der Waals surface area contributed by atoms with Crippen LogP contribution in [0.1, 0.15) is 16.7 Å². The Kier molecular flexibility index (Phi) is 5.39. The van der Waals surface area contributed by atoms with Gasteiger partial charge in [-0.15, -0.1) is 0 Å². The topological polar surface area (TPSA) is 0 Å². The zero-order chi connectivity index (χ0) is 16.2. The van der Waals surface area contributed by atoms with Gasteiger partial charge in [0.2, 0.25) is 0 Å². The van der Waals surface area contributed by atoms with E-state index in [1.807, 2.05) is 0 Å². The second kappa shape index (κ2) is 7.88. The van der Waals surface area contributed by atoms with Crippen molar-refractivity contribution in [2.45, 2.75) is 0 Å². The average Bonchev–Trinajstić information content (AvgIpc) is 2.69. The van der Waals surface area contributed by atoms with Gasteiger partial charge in [0.15, 0.2) is 0 Å². The van der Waals surface area contributed by atoms with Crippen molar-refractivity contribution in [3.8, 4) is 0 Å². The fourth-order valence-electron chi connectivity index (χ4n) is 2.80. The zero-order valence-corrected chi connectivity index (χ0v) is 18.6. The van der Waals surface area contributed by atoms with E-state index in [4.69, 9.17) is 0 Å². The van der Waals surface area contributed by atoms with E-state index in [9.17, 15) is 0 Å². The average molecular weight is 492 g/mol. The van der Waals surface area contributed by atoms with E-state index in [1.54, 1.807) is 8.66 Å². The van der Waals surface area contributed by atoms with Gasteiger partial charge in [-0.1, -0.05) is 0 Å². The van der Waals surface area contributed by atoms with Crippen LogP contribution in [0.4, 0.5) is 0 Å². The standard InChI is InChI=1S/C21H15As3/c1-4-10-16(11-5-1)19-20(17-12-6-2-7-13-17)22-24-23-21(19)18-14-8-3-9-15-18/h1-15H. The summed E-state index contributed by atoms with van der Waals surface area (Å²) in [5.74, 6) is 0. The molecule has 3 aromatic carbocycles. The molecule has 0 atom stereocenters. The van der Waals surface area contributed by atoms with Crippen molar-refractivity contribution in [2.75, 3.05) is 0 Å². The number of benzene rings is 3. The van der Waals surface area contributed by atoms with Gasteiger partial charge in [0.05, 0.1) is 0 Å². The van der Waals surface area contributed by atoms with Crippen LogP contribution in [0.2, 0.25) is 0 Å². The summed E-state index contributed by atoms with van der Waals surface area (Å²) >= 11 is 1.19. The van der Waals surface area contributed by atoms with Gasteiger partial charge in [0.25, 0.3) is 0 Å². The first-order valence-electron chi connectivity index (χ1n) is 7.83. The van der Waals surface area contributed by atoms with Crippen LogP contribution >= 0.6 is 0 Å². The van der Waals surface area contributed by atoms with Crippen LogP contribution in [0.3, 0.4) is 0 Å². The fraction of sp³-hybridized carbons (Fsp3) is 0. The van der Waals surface area contributed by atoms with Gasteiger partial charge >= 0.3 is 159 Å². The molecule has 0 fully saturated rings. The van der Waals surface area contributed by atoms with Crippen LogP contribution in [-0.2, 0) is 0 Å². The molecule has 0 spiro atoms. The van der Waals surface area contributed by atoms with Gasteiger partial charge in [0, 0.05) is 0 Å². The summed E-state index contributed by atoms with van der Waals surface area (Å²) in [4.78, 5) is 0. The molecule has 0 unspecified atom stereocenters. The molecule has 0 amide bonds. The Balaban J connectivity index is 1.97. The predicted octanol–water partition coefficient (Wildman–Crippen LogP) is 3.73. The summed E-state index contributed by atoms with van der Waals surface area (Å²) in [6.07, 6.45) is 0. The molecule has 1 aliphatic rings. The second-order valence-corrected chi connectivity index (χ2v) is 25.0. The Morgan fingerprint density at radius 2 is 1.00 bits per heavy atom. The van der Waals surface area contributed by atoms with E-state index < -0.39 is 0 Å².